The maximum Gasteiger partial charge on any atom is 0.260 e. The highest BCUT2D eigenvalue weighted by molar-refractivity contribution is 7.18. The molecule has 2 heterocycles. The first-order valence-electron chi connectivity index (χ1n) is 8.70. The van der Waals surface area contributed by atoms with Crippen molar-refractivity contribution in [1.29, 1.82) is 0 Å². The molecule has 0 spiro atoms. The van der Waals surface area contributed by atoms with Crippen LogP contribution in [0.4, 0.5) is 5.69 Å². The number of carbonyl (C=O) groups excluding carboxylic acids is 1. The van der Waals surface area contributed by atoms with Crippen LogP contribution in [0.2, 0.25) is 0 Å². The van der Waals surface area contributed by atoms with E-state index in [4.69, 9.17) is 0 Å². The minimum absolute atomic E-state index is 0.0462. The van der Waals surface area contributed by atoms with Crippen LogP contribution in [0.3, 0.4) is 0 Å². The second kappa shape index (κ2) is 6.88. The zero-order chi connectivity index (χ0) is 18.1. The van der Waals surface area contributed by atoms with Crippen molar-refractivity contribution < 1.29 is 4.79 Å². The molecule has 2 aromatic heterocycles. The van der Waals surface area contributed by atoms with Gasteiger partial charge in [-0.05, 0) is 55.0 Å². The van der Waals surface area contributed by atoms with E-state index in [0.717, 1.165) is 40.7 Å². The van der Waals surface area contributed by atoms with Crippen LogP contribution in [-0.4, -0.2) is 15.9 Å². The first kappa shape index (κ1) is 16.7. The van der Waals surface area contributed by atoms with Crippen LogP contribution in [0.5, 0.6) is 0 Å². The van der Waals surface area contributed by atoms with Crippen LogP contribution in [0.15, 0.2) is 29.1 Å². The summed E-state index contributed by atoms with van der Waals surface area (Å²) >= 11 is 1.65. The van der Waals surface area contributed by atoms with Crippen LogP contribution >= 0.6 is 11.3 Å². The number of benzene rings is 1. The quantitative estimate of drug-likeness (QED) is 0.737. The highest BCUT2D eigenvalue weighted by atomic mass is 32.1. The monoisotopic (exact) mass is 365 g/mol. The third-order valence-electron chi connectivity index (χ3n) is 4.51. The third-order valence-corrected chi connectivity index (χ3v) is 5.69. The zero-order valence-electron chi connectivity index (χ0n) is 14.5. The number of amides is 1. The SMILES string of the molecule is CC(=O)Nc1ccc(/C=C/c2nc3sc4c(c3c(=O)[nH]2)CCCC4)cc1. The molecule has 0 saturated heterocycles. The van der Waals surface area contributed by atoms with Gasteiger partial charge in [-0.2, -0.15) is 0 Å². The molecule has 132 valence electrons. The Morgan fingerprint density at radius 1 is 1.19 bits per heavy atom. The summed E-state index contributed by atoms with van der Waals surface area (Å²) in [5.74, 6) is 0.467. The molecule has 26 heavy (non-hydrogen) atoms. The van der Waals surface area contributed by atoms with Gasteiger partial charge in [0.15, 0.2) is 0 Å². The van der Waals surface area contributed by atoms with Crippen molar-refractivity contribution in [1.82, 2.24) is 9.97 Å². The summed E-state index contributed by atoms with van der Waals surface area (Å²) in [4.78, 5) is 33.3. The number of aromatic nitrogens is 2. The van der Waals surface area contributed by atoms with Crippen LogP contribution in [0.1, 0.15) is 41.6 Å². The van der Waals surface area contributed by atoms with Gasteiger partial charge in [-0.25, -0.2) is 4.98 Å². The van der Waals surface area contributed by atoms with Crippen molar-refractivity contribution in [3.05, 3.63) is 56.4 Å². The molecule has 1 aliphatic carbocycles. The summed E-state index contributed by atoms with van der Waals surface area (Å²) in [5, 5.41) is 3.51. The number of anilines is 1. The molecular weight excluding hydrogens is 346 g/mol. The largest absolute Gasteiger partial charge is 0.326 e. The van der Waals surface area contributed by atoms with Crippen molar-refractivity contribution in [2.24, 2.45) is 0 Å². The van der Waals surface area contributed by atoms with Crippen molar-refractivity contribution >= 4 is 45.3 Å². The molecule has 3 aromatic rings. The topological polar surface area (TPSA) is 74.8 Å². The Labute approximate surface area is 154 Å². The molecule has 0 fully saturated rings. The zero-order valence-corrected chi connectivity index (χ0v) is 15.3. The molecule has 1 aliphatic rings. The maximum atomic E-state index is 12.5. The van der Waals surface area contributed by atoms with Crippen LogP contribution in [0.25, 0.3) is 22.4 Å². The van der Waals surface area contributed by atoms with Gasteiger partial charge in [0.2, 0.25) is 5.91 Å². The Hall–Kier alpha value is -2.73. The van der Waals surface area contributed by atoms with E-state index in [2.05, 4.69) is 15.3 Å². The summed E-state index contributed by atoms with van der Waals surface area (Å²) in [6, 6.07) is 7.49. The molecule has 6 heteroatoms. The Morgan fingerprint density at radius 3 is 2.73 bits per heavy atom. The Kier molecular flexibility index (Phi) is 4.42. The molecule has 0 unspecified atom stereocenters. The van der Waals surface area contributed by atoms with E-state index in [1.807, 2.05) is 36.4 Å². The molecule has 0 saturated carbocycles. The number of hydrogen-bond donors (Lipinski definition) is 2. The predicted molar refractivity (Wildman–Crippen MR) is 107 cm³/mol. The predicted octanol–water partition coefficient (Wildman–Crippen LogP) is 3.99. The first-order valence-corrected chi connectivity index (χ1v) is 9.52. The molecule has 1 amide bonds. The molecule has 0 bridgehead atoms. The average Bonchev–Trinajstić information content (AvgIpc) is 2.99. The van der Waals surface area contributed by atoms with Crippen molar-refractivity contribution in [2.75, 3.05) is 5.32 Å². The van der Waals surface area contributed by atoms with E-state index >= 15 is 0 Å². The summed E-state index contributed by atoms with van der Waals surface area (Å²) in [6.07, 6.45) is 8.09. The number of aryl methyl sites for hydroxylation is 2. The second-order valence-electron chi connectivity index (χ2n) is 6.48. The number of H-pyrrole nitrogens is 1. The van der Waals surface area contributed by atoms with Gasteiger partial charge in [-0.1, -0.05) is 18.2 Å². The number of nitrogens with zero attached hydrogens (tertiary/aromatic N) is 1. The Bertz CT molecular complexity index is 1060. The fourth-order valence-corrected chi connectivity index (χ4v) is 4.58. The lowest BCUT2D eigenvalue weighted by atomic mass is 9.97. The summed E-state index contributed by atoms with van der Waals surface area (Å²) in [6.45, 7) is 1.48. The minimum Gasteiger partial charge on any atom is -0.326 e. The lowest BCUT2D eigenvalue weighted by Crippen LogP contribution is -2.11. The summed E-state index contributed by atoms with van der Waals surface area (Å²) in [7, 11) is 0. The Morgan fingerprint density at radius 2 is 1.96 bits per heavy atom. The number of hydrogen-bond acceptors (Lipinski definition) is 4. The van der Waals surface area contributed by atoms with Crippen molar-refractivity contribution in [2.45, 2.75) is 32.6 Å². The Balaban J connectivity index is 1.62. The molecule has 0 aliphatic heterocycles. The number of carbonyl (C=O) groups is 1. The van der Waals surface area contributed by atoms with Gasteiger partial charge in [0.25, 0.3) is 5.56 Å². The van der Waals surface area contributed by atoms with Gasteiger partial charge >= 0.3 is 0 Å². The van der Waals surface area contributed by atoms with Gasteiger partial charge in [0.05, 0.1) is 5.39 Å². The van der Waals surface area contributed by atoms with Crippen LogP contribution < -0.4 is 10.9 Å². The number of fused-ring (bicyclic) bond motifs is 3. The molecule has 0 atom stereocenters. The molecular formula is C20H19N3O2S. The number of rotatable bonds is 3. The number of aromatic amines is 1. The van der Waals surface area contributed by atoms with E-state index in [0.29, 0.717) is 5.82 Å². The van der Waals surface area contributed by atoms with Gasteiger partial charge in [0, 0.05) is 17.5 Å². The van der Waals surface area contributed by atoms with Crippen LogP contribution in [0, 0.1) is 0 Å². The van der Waals surface area contributed by atoms with E-state index in [1.54, 1.807) is 11.3 Å². The van der Waals surface area contributed by atoms with Gasteiger partial charge < -0.3 is 10.3 Å². The molecule has 0 radical (unpaired) electrons. The molecule has 1 aromatic carbocycles. The van der Waals surface area contributed by atoms with Crippen LogP contribution in [-0.2, 0) is 17.6 Å². The van der Waals surface area contributed by atoms with Gasteiger partial charge in [0.1, 0.15) is 10.7 Å². The van der Waals surface area contributed by atoms with E-state index < -0.39 is 0 Å². The minimum atomic E-state index is -0.0954. The highest BCUT2D eigenvalue weighted by Gasteiger charge is 2.19. The number of nitrogens with one attached hydrogen (secondary N) is 2. The number of thiophene rings is 1. The maximum absolute atomic E-state index is 12.5. The smallest absolute Gasteiger partial charge is 0.260 e. The third kappa shape index (κ3) is 3.32. The molecule has 2 N–H and O–H groups in total. The highest BCUT2D eigenvalue weighted by Crippen LogP contribution is 2.33. The van der Waals surface area contributed by atoms with E-state index in [1.165, 1.54) is 23.8 Å². The first-order chi connectivity index (χ1) is 12.6. The summed E-state index contributed by atoms with van der Waals surface area (Å²) in [5.41, 5.74) is 2.88. The van der Waals surface area contributed by atoms with E-state index in [9.17, 15) is 9.59 Å². The fraction of sp³-hybridized carbons (Fsp3) is 0.250. The lowest BCUT2D eigenvalue weighted by molar-refractivity contribution is -0.114. The molecule has 5 nitrogen and oxygen atoms in total. The van der Waals surface area contributed by atoms with E-state index in [-0.39, 0.29) is 11.5 Å². The normalized spacial score (nSPS) is 13.9. The van der Waals surface area contributed by atoms with Gasteiger partial charge in [-0.3, -0.25) is 9.59 Å². The standard InChI is InChI=1S/C20H19N3O2S/c1-12(24)21-14-9-6-13(7-10-14)8-11-17-22-19(25)18-15-4-2-3-5-16(15)26-20(18)23-17/h6-11H,2-5H2,1H3,(H,21,24)(H,22,23,25)/b11-8+. The molecule has 4 rings (SSSR count). The van der Waals surface area contributed by atoms with Gasteiger partial charge in [-0.15, -0.1) is 11.3 Å². The second-order valence-corrected chi connectivity index (χ2v) is 7.56. The lowest BCUT2D eigenvalue weighted by Gasteiger charge is -2.09. The fourth-order valence-electron chi connectivity index (χ4n) is 3.32. The average molecular weight is 365 g/mol. The van der Waals surface area contributed by atoms with Crippen molar-refractivity contribution in [3.63, 3.8) is 0 Å². The summed E-state index contributed by atoms with van der Waals surface area (Å²) < 4.78 is 0. The van der Waals surface area contributed by atoms with Crippen molar-refractivity contribution in [3.8, 4) is 0 Å².